The number of carbonyl (C=O) groups is 1. The number of piperidine rings is 1. The molecule has 0 aromatic heterocycles. The fourth-order valence-electron chi connectivity index (χ4n) is 2.52. The summed E-state index contributed by atoms with van der Waals surface area (Å²) < 4.78 is 0. The largest absolute Gasteiger partial charge is 0.481 e. The van der Waals surface area contributed by atoms with Gasteiger partial charge in [-0.15, -0.1) is 0 Å². The highest BCUT2D eigenvalue weighted by atomic mass is 35.5. The Bertz CT molecular complexity index is 459. The highest BCUT2D eigenvalue weighted by molar-refractivity contribution is 6.33. The van der Waals surface area contributed by atoms with Crippen LogP contribution in [0.25, 0.3) is 0 Å². The van der Waals surface area contributed by atoms with Crippen LogP contribution in [-0.2, 0) is 4.79 Å². The van der Waals surface area contributed by atoms with E-state index in [1.54, 1.807) is 0 Å². The summed E-state index contributed by atoms with van der Waals surface area (Å²) in [7, 11) is 0. The summed E-state index contributed by atoms with van der Waals surface area (Å²) in [6.45, 7) is 4.79. The van der Waals surface area contributed by atoms with Crippen LogP contribution in [-0.4, -0.2) is 23.2 Å². The van der Waals surface area contributed by atoms with Gasteiger partial charge in [-0.1, -0.05) is 23.7 Å². The standard InChI is InChI=1S/C14H18ClNO2/c1-14(2)8-7-10(13(17)18)9-16(14)12-6-4-3-5-11(12)15/h3-6,10H,7-9H2,1-2H3,(H,17,18). The third-order valence-electron chi connectivity index (χ3n) is 3.73. The zero-order chi connectivity index (χ0) is 13.3. The van der Waals surface area contributed by atoms with Crippen LogP contribution in [0, 0.1) is 5.92 Å². The lowest BCUT2D eigenvalue weighted by Crippen LogP contribution is -2.52. The average Bonchev–Trinajstić information content (AvgIpc) is 2.29. The van der Waals surface area contributed by atoms with Gasteiger partial charge < -0.3 is 10.0 Å². The van der Waals surface area contributed by atoms with E-state index in [0.717, 1.165) is 18.5 Å². The Labute approximate surface area is 112 Å². The Kier molecular flexibility index (Phi) is 3.53. The van der Waals surface area contributed by atoms with Gasteiger partial charge in [0.25, 0.3) is 0 Å². The number of rotatable bonds is 2. The first-order chi connectivity index (χ1) is 8.42. The van der Waals surface area contributed by atoms with Crippen LogP contribution in [0.15, 0.2) is 24.3 Å². The molecule has 2 rings (SSSR count). The number of hydrogen-bond donors (Lipinski definition) is 1. The normalized spacial score (nSPS) is 22.8. The number of benzene rings is 1. The van der Waals surface area contributed by atoms with Crippen LogP contribution >= 0.6 is 11.6 Å². The molecule has 0 aliphatic carbocycles. The van der Waals surface area contributed by atoms with E-state index >= 15 is 0 Å². The zero-order valence-electron chi connectivity index (χ0n) is 10.7. The molecule has 0 radical (unpaired) electrons. The predicted octanol–water partition coefficient (Wildman–Crippen LogP) is 3.42. The molecule has 18 heavy (non-hydrogen) atoms. The fraction of sp³-hybridized carbons (Fsp3) is 0.500. The van der Waals surface area contributed by atoms with Gasteiger partial charge in [0, 0.05) is 12.1 Å². The van der Waals surface area contributed by atoms with Gasteiger partial charge >= 0.3 is 5.97 Å². The molecule has 0 spiro atoms. The van der Waals surface area contributed by atoms with Crippen LogP contribution in [0.2, 0.25) is 5.02 Å². The minimum absolute atomic E-state index is 0.0586. The Morgan fingerprint density at radius 2 is 2.11 bits per heavy atom. The fourth-order valence-corrected chi connectivity index (χ4v) is 2.76. The number of aliphatic carboxylic acids is 1. The molecule has 4 heteroatoms. The van der Waals surface area contributed by atoms with Crippen LogP contribution in [0.4, 0.5) is 5.69 Å². The van der Waals surface area contributed by atoms with Gasteiger partial charge in [0.1, 0.15) is 0 Å². The van der Waals surface area contributed by atoms with E-state index in [2.05, 4.69) is 18.7 Å². The zero-order valence-corrected chi connectivity index (χ0v) is 11.4. The monoisotopic (exact) mass is 267 g/mol. The lowest BCUT2D eigenvalue weighted by atomic mass is 9.84. The summed E-state index contributed by atoms with van der Waals surface area (Å²) in [5.41, 5.74) is 0.867. The van der Waals surface area contributed by atoms with Crippen molar-refractivity contribution in [3.05, 3.63) is 29.3 Å². The van der Waals surface area contributed by atoms with Gasteiger partial charge in [-0.25, -0.2) is 0 Å². The van der Waals surface area contributed by atoms with E-state index in [0.29, 0.717) is 11.6 Å². The minimum Gasteiger partial charge on any atom is -0.481 e. The van der Waals surface area contributed by atoms with Gasteiger partial charge in [-0.2, -0.15) is 0 Å². The molecule has 1 aliphatic heterocycles. The van der Waals surface area contributed by atoms with E-state index < -0.39 is 5.97 Å². The molecule has 1 N–H and O–H groups in total. The molecule has 1 atom stereocenters. The molecule has 3 nitrogen and oxygen atoms in total. The van der Waals surface area contributed by atoms with Crippen LogP contribution in [0.5, 0.6) is 0 Å². The predicted molar refractivity (Wildman–Crippen MR) is 73.2 cm³/mol. The van der Waals surface area contributed by atoms with E-state index in [1.807, 2.05) is 24.3 Å². The second-order valence-electron chi connectivity index (χ2n) is 5.45. The third-order valence-corrected chi connectivity index (χ3v) is 4.05. The summed E-state index contributed by atoms with van der Waals surface area (Å²) in [4.78, 5) is 13.3. The van der Waals surface area contributed by atoms with E-state index in [-0.39, 0.29) is 11.5 Å². The number of carboxylic acid groups (broad SMARTS) is 1. The molecule has 1 aliphatic rings. The van der Waals surface area contributed by atoms with Gasteiger partial charge in [0.2, 0.25) is 0 Å². The number of hydrogen-bond acceptors (Lipinski definition) is 2. The lowest BCUT2D eigenvalue weighted by Gasteiger charge is -2.46. The molecule has 1 aromatic rings. The Balaban J connectivity index is 2.33. The first-order valence-electron chi connectivity index (χ1n) is 6.17. The van der Waals surface area contributed by atoms with Gasteiger partial charge in [0.15, 0.2) is 0 Å². The number of halogens is 1. The Hall–Kier alpha value is -1.22. The maximum Gasteiger partial charge on any atom is 0.308 e. The van der Waals surface area contributed by atoms with Crippen LogP contribution < -0.4 is 4.90 Å². The third kappa shape index (κ3) is 2.46. The lowest BCUT2D eigenvalue weighted by molar-refractivity contribution is -0.142. The number of carboxylic acids is 1. The summed E-state index contributed by atoms with van der Waals surface area (Å²) in [5, 5.41) is 9.86. The first kappa shape index (κ1) is 13.2. The Morgan fingerprint density at radius 1 is 1.44 bits per heavy atom. The highest BCUT2D eigenvalue weighted by Gasteiger charge is 2.37. The summed E-state index contributed by atoms with van der Waals surface area (Å²) in [5.74, 6) is -1.03. The SMILES string of the molecule is CC1(C)CCC(C(=O)O)CN1c1ccccc1Cl. The molecule has 98 valence electrons. The van der Waals surface area contributed by atoms with Crippen molar-refractivity contribution in [2.45, 2.75) is 32.2 Å². The van der Waals surface area contributed by atoms with Crippen molar-refractivity contribution in [3.63, 3.8) is 0 Å². The van der Waals surface area contributed by atoms with Crippen LogP contribution in [0.1, 0.15) is 26.7 Å². The number of anilines is 1. The average molecular weight is 268 g/mol. The van der Waals surface area contributed by atoms with Gasteiger partial charge in [-0.05, 0) is 38.8 Å². The molecule has 1 unspecified atom stereocenters. The summed E-state index contributed by atoms with van der Waals surface area (Å²) in [6, 6.07) is 7.62. The number of para-hydroxylation sites is 1. The van der Waals surface area contributed by atoms with Gasteiger partial charge in [0.05, 0.1) is 16.6 Å². The summed E-state index contributed by atoms with van der Waals surface area (Å²) in [6.07, 6.45) is 1.58. The van der Waals surface area contributed by atoms with Crippen LogP contribution in [0.3, 0.4) is 0 Å². The van der Waals surface area contributed by atoms with E-state index in [4.69, 9.17) is 11.6 Å². The molecule has 1 aromatic carbocycles. The van der Waals surface area contributed by atoms with Crippen molar-refractivity contribution in [1.82, 2.24) is 0 Å². The maximum absolute atomic E-state index is 11.2. The maximum atomic E-state index is 11.2. The molecule has 0 saturated carbocycles. The topological polar surface area (TPSA) is 40.5 Å². The van der Waals surface area contributed by atoms with Crippen molar-refractivity contribution in [3.8, 4) is 0 Å². The van der Waals surface area contributed by atoms with Crippen molar-refractivity contribution in [1.29, 1.82) is 0 Å². The number of nitrogens with zero attached hydrogens (tertiary/aromatic N) is 1. The minimum atomic E-state index is -0.720. The molecule has 1 saturated heterocycles. The van der Waals surface area contributed by atoms with Crippen molar-refractivity contribution >= 4 is 23.3 Å². The van der Waals surface area contributed by atoms with Crippen molar-refractivity contribution in [2.75, 3.05) is 11.4 Å². The van der Waals surface area contributed by atoms with Crippen molar-refractivity contribution < 1.29 is 9.90 Å². The quantitative estimate of drug-likeness (QED) is 0.893. The molecule has 1 fully saturated rings. The van der Waals surface area contributed by atoms with E-state index in [9.17, 15) is 9.90 Å². The molecule has 0 bridgehead atoms. The van der Waals surface area contributed by atoms with Gasteiger partial charge in [-0.3, -0.25) is 4.79 Å². The molecule has 1 heterocycles. The van der Waals surface area contributed by atoms with E-state index in [1.165, 1.54) is 0 Å². The molecular weight excluding hydrogens is 250 g/mol. The smallest absolute Gasteiger partial charge is 0.308 e. The Morgan fingerprint density at radius 3 is 2.72 bits per heavy atom. The second-order valence-corrected chi connectivity index (χ2v) is 5.86. The van der Waals surface area contributed by atoms with Crippen molar-refractivity contribution in [2.24, 2.45) is 5.92 Å². The first-order valence-corrected chi connectivity index (χ1v) is 6.54. The molecular formula is C14H18ClNO2. The second kappa shape index (κ2) is 4.81. The highest BCUT2D eigenvalue weighted by Crippen LogP contribution is 2.38. The summed E-state index contributed by atoms with van der Waals surface area (Å²) >= 11 is 6.22. The molecule has 0 amide bonds.